The van der Waals surface area contributed by atoms with Crippen LogP contribution < -0.4 is 5.32 Å². The normalized spacial score (nSPS) is 21.6. The molecular formula is C18H32ClN5O. The average Bonchev–Trinajstić information content (AvgIpc) is 2.96. The standard InChI is InChI=1S/C18H31N5O.ClH/c1-13-16(20-21-23(13)15-7-11-19-12-8-15)17(24)22(4)14-5-9-18(2,3)10-6-14;/h14-15,19H,5-12H2,1-4H3;1H. The molecule has 25 heavy (non-hydrogen) atoms. The number of amides is 1. The van der Waals surface area contributed by atoms with Crippen LogP contribution in [0.1, 0.15) is 74.6 Å². The van der Waals surface area contributed by atoms with Gasteiger partial charge in [-0.15, -0.1) is 17.5 Å². The Morgan fingerprint density at radius 1 is 1.20 bits per heavy atom. The summed E-state index contributed by atoms with van der Waals surface area (Å²) in [6.07, 6.45) is 6.61. The first-order valence-electron chi connectivity index (χ1n) is 9.29. The largest absolute Gasteiger partial charge is 0.337 e. The van der Waals surface area contributed by atoms with Crippen molar-refractivity contribution >= 4 is 18.3 Å². The van der Waals surface area contributed by atoms with Crippen molar-refractivity contribution in [3.8, 4) is 0 Å². The number of hydrogen-bond donors (Lipinski definition) is 1. The van der Waals surface area contributed by atoms with Crippen molar-refractivity contribution in [3.05, 3.63) is 11.4 Å². The molecule has 0 spiro atoms. The van der Waals surface area contributed by atoms with E-state index in [0.717, 1.165) is 44.5 Å². The van der Waals surface area contributed by atoms with Crippen LogP contribution in [0, 0.1) is 12.3 Å². The molecule has 0 bridgehead atoms. The molecule has 3 rings (SSSR count). The van der Waals surface area contributed by atoms with Gasteiger partial charge in [0.05, 0.1) is 11.7 Å². The predicted octanol–water partition coefficient (Wildman–Crippen LogP) is 2.97. The van der Waals surface area contributed by atoms with Gasteiger partial charge < -0.3 is 10.2 Å². The molecule has 0 atom stereocenters. The van der Waals surface area contributed by atoms with Crippen LogP contribution in [-0.4, -0.2) is 52.0 Å². The lowest BCUT2D eigenvalue weighted by Gasteiger charge is -2.38. The lowest BCUT2D eigenvalue weighted by atomic mass is 9.75. The van der Waals surface area contributed by atoms with Crippen molar-refractivity contribution in [2.24, 2.45) is 5.41 Å². The number of nitrogens with one attached hydrogen (secondary N) is 1. The molecule has 2 fully saturated rings. The van der Waals surface area contributed by atoms with Crippen molar-refractivity contribution in [3.63, 3.8) is 0 Å². The molecule has 0 radical (unpaired) electrons. The first-order chi connectivity index (χ1) is 11.4. The fraction of sp³-hybridized carbons (Fsp3) is 0.833. The summed E-state index contributed by atoms with van der Waals surface area (Å²) < 4.78 is 1.96. The van der Waals surface area contributed by atoms with Gasteiger partial charge in [-0.3, -0.25) is 4.79 Å². The zero-order valence-corrected chi connectivity index (χ0v) is 16.7. The number of carbonyl (C=O) groups is 1. The molecule has 1 N–H and O–H groups in total. The highest BCUT2D eigenvalue weighted by Crippen LogP contribution is 2.37. The third-order valence-corrected chi connectivity index (χ3v) is 5.96. The number of piperidine rings is 1. The van der Waals surface area contributed by atoms with Crippen LogP contribution in [0.25, 0.3) is 0 Å². The lowest BCUT2D eigenvalue weighted by Crippen LogP contribution is -2.41. The molecule has 1 aromatic rings. The van der Waals surface area contributed by atoms with Crippen molar-refractivity contribution in [1.82, 2.24) is 25.2 Å². The van der Waals surface area contributed by atoms with Gasteiger partial charge >= 0.3 is 0 Å². The number of carbonyl (C=O) groups excluding carboxylic acids is 1. The molecule has 1 amide bonds. The van der Waals surface area contributed by atoms with Gasteiger partial charge in [0.2, 0.25) is 0 Å². The summed E-state index contributed by atoms with van der Waals surface area (Å²) in [5.41, 5.74) is 1.85. The second kappa shape index (κ2) is 8.04. The van der Waals surface area contributed by atoms with Gasteiger partial charge in [-0.25, -0.2) is 4.68 Å². The maximum atomic E-state index is 12.9. The Morgan fingerprint density at radius 2 is 1.80 bits per heavy atom. The molecule has 2 aliphatic rings. The fourth-order valence-electron chi connectivity index (χ4n) is 4.04. The van der Waals surface area contributed by atoms with E-state index in [2.05, 4.69) is 29.5 Å². The van der Waals surface area contributed by atoms with E-state index in [-0.39, 0.29) is 18.3 Å². The molecular weight excluding hydrogens is 338 g/mol. The minimum Gasteiger partial charge on any atom is -0.337 e. The Bertz CT molecular complexity index is 584. The summed E-state index contributed by atoms with van der Waals surface area (Å²) >= 11 is 0. The van der Waals surface area contributed by atoms with E-state index >= 15 is 0 Å². The van der Waals surface area contributed by atoms with Crippen molar-refractivity contribution in [1.29, 1.82) is 0 Å². The maximum Gasteiger partial charge on any atom is 0.276 e. The second-order valence-corrected chi connectivity index (χ2v) is 8.26. The van der Waals surface area contributed by atoms with Crippen molar-refractivity contribution in [2.75, 3.05) is 20.1 Å². The summed E-state index contributed by atoms with van der Waals surface area (Å²) in [5, 5.41) is 11.9. The third-order valence-electron chi connectivity index (χ3n) is 5.96. The Morgan fingerprint density at radius 3 is 2.40 bits per heavy atom. The van der Waals surface area contributed by atoms with Crippen LogP contribution in [0.3, 0.4) is 0 Å². The number of aromatic nitrogens is 3. The Balaban J connectivity index is 0.00000225. The summed E-state index contributed by atoms with van der Waals surface area (Å²) in [5.74, 6) is 0.0254. The van der Waals surface area contributed by atoms with Crippen LogP contribution in [0.15, 0.2) is 0 Å². The SMILES string of the molecule is Cc1c(C(=O)N(C)C2CCC(C)(C)CC2)nnn1C1CCNCC1.Cl. The number of halogens is 1. The second-order valence-electron chi connectivity index (χ2n) is 8.26. The van der Waals surface area contributed by atoms with Crippen molar-refractivity contribution < 1.29 is 4.79 Å². The molecule has 0 aromatic carbocycles. The van der Waals surface area contributed by atoms with E-state index in [1.807, 2.05) is 23.6 Å². The molecule has 1 aliphatic heterocycles. The molecule has 1 aliphatic carbocycles. The van der Waals surface area contributed by atoms with E-state index in [1.54, 1.807) is 0 Å². The van der Waals surface area contributed by atoms with Gasteiger partial charge in [0.25, 0.3) is 5.91 Å². The van der Waals surface area contributed by atoms with E-state index < -0.39 is 0 Å². The number of hydrogen-bond acceptors (Lipinski definition) is 4. The van der Waals surface area contributed by atoms with E-state index in [0.29, 0.717) is 23.2 Å². The summed E-state index contributed by atoms with van der Waals surface area (Å²) in [4.78, 5) is 14.8. The smallest absolute Gasteiger partial charge is 0.276 e. The highest BCUT2D eigenvalue weighted by Gasteiger charge is 2.32. The van der Waals surface area contributed by atoms with Gasteiger partial charge in [-0.05, 0) is 64.0 Å². The Labute approximate surface area is 157 Å². The van der Waals surface area contributed by atoms with Crippen LogP contribution in [-0.2, 0) is 0 Å². The van der Waals surface area contributed by atoms with Gasteiger partial charge in [-0.2, -0.15) is 0 Å². The van der Waals surface area contributed by atoms with E-state index in [1.165, 1.54) is 12.8 Å². The first kappa shape index (κ1) is 20.2. The molecule has 1 saturated heterocycles. The molecule has 6 nitrogen and oxygen atoms in total. The van der Waals surface area contributed by atoms with Gasteiger partial charge in [-0.1, -0.05) is 19.1 Å². The van der Waals surface area contributed by atoms with E-state index in [9.17, 15) is 4.79 Å². The molecule has 1 aromatic heterocycles. The monoisotopic (exact) mass is 369 g/mol. The Kier molecular flexibility index (Phi) is 6.49. The predicted molar refractivity (Wildman–Crippen MR) is 101 cm³/mol. The third kappa shape index (κ3) is 4.34. The summed E-state index contributed by atoms with van der Waals surface area (Å²) in [7, 11) is 1.92. The van der Waals surface area contributed by atoms with Crippen LogP contribution in [0.5, 0.6) is 0 Å². The highest BCUT2D eigenvalue weighted by atomic mass is 35.5. The molecule has 1 saturated carbocycles. The molecule has 2 heterocycles. The van der Waals surface area contributed by atoms with E-state index in [4.69, 9.17) is 0 Å². The minimum atomic E-state index is 0. The zero-order chi connectivity index (χ0) is 17.3. The lowest BCUT2D eigenvalue weighted by molar-refractivity contribution is 0.0628. The van der Waals surface area contributed by atoms with Crippen LogP contribution in [0.2, 0.25) is 0 Å². The zero-order valence-electron chi connectivity index (χ0n) is 15.9. The average molecular weight is 370 g/mol. The number of rotatable bonds is 3. The van der Waals surface area contributed by atoms with Gasteiger partial charge in [0.1, 0.15) is 0 Å². The molecule has 142 valence electrons. The Hall–Kier alpha value is -1.14. The number of nitrogens with zero attached hydrogens (tertiary/aromatic N) is 4. The summed E-state index contributed by atoms with van der Waals surface area (Å²) in [6.45, 7) is 8.63. The van der Waals surface area contributed by atoms with Crippen LogP contribution >= 0.6 is 12.4 Å². The van der Waals surface area contributed by atoms with Gasteiger partial charge in [0.15, 0.2) is 5.69 Å². The van der Waals surface area contributed by atoms with Gasteiger partial charge in [0, 0.05) is 13.1 Å². The molecule has 0 unspecified atom stereocenters. The highest BCUT2D eigenvalue weighted by molar-refractivity contribution is 5.93. The maximum absolute atomic E-state index is 12.9. The first-order valence-corrected chi connectivity index (χ1v) is 9.29. The topological polar surface area (TPSA) is 63.1 Å². The van der Waals surface area contributed by atoms with Crippen LogP contribution in [0.4, 0.5) is 0 Å². The summed E-state index contributed by atoms with van der Waals surface area (Å²) in [6, 6.07) is 0.690. The quantitative estimate of drug-likeness (QED) is 0.889. The van der Waals surface area contributed by atoms with Crippen molar-refractivity contribution in [2.45, 2.75) is 71.4 Å². The fourth-order valence-corrected chi connectivity index (χ4v) is 4.04. The molecule has 7 heteroatoms. The minimum absolute atomic E-state index is 0.